The van der Waals surface area contributed by atoms with Crippen LogP contribution in [0.1, 0.15) is 44.0 Å². The van der Waals surface area contributed by atoms with Crippen molar-refractivity contribution in [3.8, 4) is 0 Å². The van der Waals surface area contributed by atoms with Crippen molar-refractivity contribution in [3.05, 3.63) is 95.6 Å². The predicted octanol–water partition coefficient (Wildman–Crippen LogP) is 3.68. The Bertz CT molecular complexity index is 1550. The maximum Gasteiger partial charge on any atom is 0.289 e. The predicted molar refractivity (Wildman–Crippen MR) is 149 cm³/mol. The number of fused-ring (bicyclic) bond motifs is 2. The lowest BCUT2D eigenvalue weighted by Gasteiger charge is -2.44. The Labute approximate surface area is 232 Å². The summed E-state index contributed by atoms with van der Waals surface area (Å²) >= 11 is 0. The normalized spacial score (nSPS) is 19.2. The smallest absolute Gasteiger partial charge is 0.289 e. The van der Waals surface area contributed by atoms with Crippen molar-refractivity contribution in [3.63, 3.8) is 0 Å². The van der Waals surface area contributed by atoms with Crippen LogP contribution in [0.15, 0.2) is 77.5 Å². The fourth-order valence-electron chi connectivity index (χ4n) is 6.13. The fourth-order valence-corrected chi connectivity index (χ4v) is 6.13. The van der Waals surface area contributed by atoms with E-state index in [1.54, 1.807) is 35.1 Å². The summed E-state index contributed by atoms with van der Waals surface area (Å²) in [5.41, 5.74) is 3.24. The van der Waals surface area contributed by atoms with Gasteiger partial charge in [0.25, 0.3) is 11.8 Å². The summed E-state index contributed by atoms with van der Waals surface area (Å²) in [7, 11) is 3.59. The third kappa shape index (κ3) is 4.36. The number of rotatable bonds is 6. The van der Waals surface area contributed by atoms with E-state index >= 15 is 0 Å². The SMILES string of the molecule is COCCN1C(=O)c2ccccc2C(C(=O)N2CCN(C(=O)c3ccco3)CC2)C1c1cn(C)c2ccccc12. The number of furan rings is 1. The highest BCUT2D eigenvalue weighted by molar-refractivity contribution is 6.02. The minimum absolute atomic E-state index is 0.0506. The zero-order valence-electron chi connectivity index (χ0n) is 22.7. The van der Waals surface area contributed by atoms with E-state index in [4.69, 9.17) is 9.15 Å². The van der Waals surface area contributed by atoms with Crippen molar-refractivity contribution < 1.29 is 23.5 Å². The van der Waals surface area contributed by atoms with E-state index in [-0.39, 0.29) is 17.7 Å². The molecule has 6 rings (SSSR count). The largest absolute Gasteiger partial charge is 0.459 e. The summed E-state index contributed by atoms with van der Waals surface area (Å²) in [5, 5.41) is 1.01. The molecule has 2 aromatic carbocycles. The molecule has 1 fully saturated rings. The van der Waals surface area contributed by atoms with Crippen molar-refractivity contribution in [2.45, 2.75) is 12.0 Å². The van der Waals surface area contributed by atoms with E-state index in [1.807, 2.05) is 65.2 Å². The van der Waals surface area contributed by atoms with Crippen LogP contribution >= 0.6 is 0 Å². The van der Waals surface area contributed by atoms with E-state index in [1.165, 1.54) is 6.26 Å². The molecule has 206 valence electrons. The Balaban J connectivity index is 1.39. The second-order valence-corrected chi connectivity index (χ2v) is 10.3. The first-order valence-electron chi connectivity index (χ1n) is 13.5. The number of methoxy groups -OCH3 is 1. The zero-order chi connectivity index (χ0) is 27.8. The summed E-state index contributed by atoms with van der Waals surface area (Å²) in [4.78, 5) is 46.6. The van der Waals surface area contributed by atoms with E-state index in [9.17, 15) is 14.4 Å². The Morgan fingerprint density at radius 3 is 2.40 bits per heavy atom. The molecule has 4 heterocycles. The van der Waals surface area contributed by atoms with E-state index in [2.05, 4.69) is 0 Å². The fraction of sp³-hybridized carbons (Fsp3) is 0.323. The Morgan fingerprint density at radius 1 is 0.925 bits per heavy atom. The van der Waals surface area contributed by atoms with Crippen molar-refractivity contribution in [2.24, 2.45) is 7.05 Å². The topological polar surface area (TPSA) is 88.2 Å². The number of piperazine rings is 1. The maximum absolute atomic E-state index is 14.5. The highest BCUT2D eigenvalue weighted by Crippen LogP contribution is 2.46. The molecule has 2 atom stereocenters. The lowest BCUT2D eigenvalue weighted by molar-refractivity contribution is -0.136. The molecule has 1 saturated heterocycles. The molecule has 2 aliphatic rings. The van der Waals surface area contributed by atoms with Crippen molar-refractivity contribution >= 4 is 28.6 Å². The average Bonchev–Trinajstić information content (AvgIpc) is 3.65. The van der Waals surface area contributed by atoms with Gasteiger partial charge in [-0.25, -0.2) is 0 Å². The molecule has 0 N–H and O–H groups in total. The van der Waals surface area contributed by atoms with E-state index in [0.717, 1.165) is 22.0 Å². The number of ether oxygens (including phenoxy) is 1. The minimum atomic E-state index is -0.608. The number of hydrogen-bond acceptors (Lipinski definition) is 5. The Morgan fingerprint density at radius 2 is 1.65 bits per heavy atom. The molecule has 40 heavy (non-hydrogen) atoms. The van der Waals surface area contributed by atoms with E-state index in [0.29, 0.717) is 50.7 Å². The number of para-hydroxylation sites is 1. The average molecular weight is 541 g/mol. The Hall–Kier alpha value is -4.37. The van der Waals surface area contributed by atoms with Crippen molar-refractivity contribution in [2.75, 3.05) is 46.4 Å². The lowest BCUT2D eigenvalue weighted by atomic mass is 9.78. The van der Waals surface area contributed by atoms with Crippen LogP contribution in [0.5, 0.6) is 0 Å². The molecule has 0 bridgehead atoms. The summed E-state index contributed by atoms with van der Waals surface area (Å²) in [6.45, 7) is 2.32. The molecule has 2 aromatic heterocycles. The molecular formula is C31H32N4O5. The van der Waals surface area contributed by atoms with Gasteiger partial charge in [-0.2, -0.15) is 0 Å². The number of carbonyl (C=O) groups is 3. The third-order valence-electron chi connectivity index (χ3n) is 8.10. The highest BCUT2D eigenvalue weighted by Gasteiger charge is 2.46. The standard InChI is InChI=1S/C31H32N4O5/c1-32-20-24(21-8-5-6-11-25(21)32)28-27(22-9-3-4-10-23(22)29(36)35(28)17-19-39-2)31(38)34-15-13-33(14-16-34)30(37)26-12-7-18-40-26/h3-12,18,20,27-28H,13-17,19H2,1-2H3. The maximum atomic E-state index is 14.5. The van der Waals surface area contributed by atoms with Crippen LogP contribution < -0.4 is 0 Å². The van der Waals surface area contributed by atoms with Gasteiger partial charge in [0, 0.05) is 75.1 Å². The summed E-state index contributed by atoms with van der Waals surface area (Å²) < 4.78 is 12.7. The molecule has 0 spiro atoms. The van der Waals surface area contributed by atoms with Gasteiger partial charge in [0.2, 0.25) is 5.91 Å². The van der Waals surface area contributed by atoms with Crippen molar-refractivity contribution in [1.82, 2.24) is 19.3 Å². The second-order valence-electron chi connectivity index (χ2n) is 10.3. The number of nitrogens with zero attached hydrogens (tertiary/aromatic N) is 4. The van der Waals surface area contributed by atoms with Crippen molar-refractivity contribution in [1.29, 1.82) is 0 Å². The first-order valence-corrected chi connectivity index (χ1v) is 13.5. The van der Waals surface area contributed by atoms with Gasteiger partial charge in [-0.15, -0.1) is 0 Å². The number of benzene rings is 2. The number of carbonyl (C=O) groups excluding carboxylic acids is 3. The second kappa shape index (κ2) is 10.7. The molecular weight excluding hydrogens is 508 g/mol. The van der Waals surface area contributed by atoms with Crippen LogP contribution in [0.4, 0.5) is 0 Å². The Kier molecular flexibility index (Phi) is 6.89. The molecule has 0 radical (unpaired) electrons. The lowest BCUT2D eigenvalue weighted by Crippen LogP contribution is -2.54. The monoisotopic (exact) mass is 540 g/mol. The van der Waals surface area contributed by atoms with Crippen LogP contribution in [-0.2, 0) is 16.6 Å². The van der Waals surface area contributed by atoms with E-state index < -0.39 is 12.0 Å². The first kappa shape index (κ1) is 25.9. The molecule has 0 aliphatic carbocycles. The molecule has 4 aromatic rings. The van der Waals surface area contributed by atoms with Gasteiger partial charge in [-0.05, 0) is 29.8 Å². The molecule has 2 unspecified atom stereocenters. The van der Waals surface area contributed by atoms with Gasteiger partial charge in [-0.1, -0.05) is 36.4 Å². The van der Waals surface area contributed by atoms with Crippen LogP contribution in [0.2, 0.25) is 0 Å². The number of amides is 3. The summed E-state index contributed by atoms with van der Waals surface area (Å²) in [6.07, 6.45) is 3.52. The minimum Gasteiger partial charge on any atom is -0.459 e. The first-order chi connectivity index (χ1) is 19.5. The van der Waals surface area contributed by atoms with Gasteiger partial charge < -0.3 is 28.4 Å². The summed E-state index contributed by atoms with van der Waals surface area (Å²) in [5.74, 6) is -0.646. The molecule has 9 heteroatoms. The molecule has 3 amide bonds. The van der Waals surface area contributed by atoms with Crippen LogP contribution in [-0.4, -0.2) is 83.4 Å². The number of aromatic nitrogens is 1. The molecule has 9 nitrogen and oxygen atoms in total. The highest BCUT2D eigenvalue weighted by atomic mass is 16.5. The van der Waals surface area contributed by atoms with Crippen LogP contribution in [0.3, 0.4) is 0 Å². The quantitative estimate of drug-likeness (QED) is 0.372. The van der Waals surface area contributed by atoms with Gasteiger partial charge >= 0.3 is 0 Å². The third-order valence-corrected chi connectivity index (χ3v) is 8.10. The van der Waals surface area contributed by atoms with Gasteiger partial charge in [-0.3, -0.25) is 14.4 Å². The van der Waals surface area contributed by atoms with Crippen LogP contribution in [0, 0.1) is 0 Å². The van der Waals surface area contributed by atoms with Gasteiger partial charge in [0.05, 0.1) is 24.8 Å². The van der Waals surface area contributed by atoms with Gasteiger partial charge in [0.1, 0.15) is 0 Å². The molecule has 2 aliphatic heterocycles. The molecule has 0 saturated carbocycles. The number of aryl methyl sites for hydroxylation is 1. The number of hydrogen-bond donors (Lipinski definition) is 0. The van der Waals surface area contributed by atoms with Gasteiger partial charge in [0.15, 0.2) is 5.76 Å². The zero-order valence-corrected chi connectivity index (χ0v) is 22.7. The van der Waals surface area contributed by atoms with Crippen LogP contribution in [0.25, 0.3) is 10.9 Å². The summed E-state index contributed by atoms with van der Waals surface area (Å²) in [6, 6.07) is 18.3.